The van der Waals surface area contributed by atoms with Crippen molar-refractivity contribution in [3.8, 4) is 11.4 Å². The Kier molecular flexibility index (Phi) is 2.34. The van der Waals surface area contributed by atoms with Crippen molar-refractivity contribution in [2.45, 2.75) is 0 Å². The van der Waals surface area contributed by atoms with Gasteiger partial charge in [0.1, 0.15) is 11.4 Å². The highest BCUT2D eigenvalue weighted by Gasteiger charge is 2.11. The van der Waals surface area contributed by atoms with Crippen LogP contribution in [0.25, 0.3) is 22.3 Å². The summed E-state index contributed by atoms with van der Waals surface area (Å²) in [6, 6.07) is 8.86. The van der Waals surface area contributed by atoms with Crippen LogP contribution in [0.2, 0.25) is 5.02 Å². The number of carboxylic acids is 1. The van der Waals surface area contributed by atoms with Gasteiger partial charge in [0.15, 0.2) is 0 Å². The number of nitrogens with one attached hydrogen (secondary N) is 2. The molecule has 2 aromatic heterocycles. The van der Waals surface area contributed by atoms with Crippen LogP contribution in [0.1, 0.15) is 10.5 Å². The minimum Gasteiger partial charge on any atom is -0.477 e. The third-order valence-electron chi connectivity index (χ3n) is 2.70. The number of halogens is 1. The fourth-order valence-corrected chi connectivity index (χ4v) is 2.05. The van der Waals surface area contributed by atoms with Gasteiger partial charge in [0.05, 0.1) is 5.69 Å². The third kappa shape index (κ3) is 1.65. The smallest absolute Gasteiger partial charge is 0.353 e. The molecule has 0 aliphatic rings. The van der Waals surface area contributed by atoms with Gasteiger partial charge < -0.3 is 10.1 Å². The summed E-state index contributed by atoms with van der Waals surface area (Å²) in [5.41, 5.74) is 2.20. The van der Waals surface area contributed by atoms with Crippen molar-refractivity contribution in [3.05, 3.63) is 41.0 Å². The van der Waals surface area contributed by atoms with E-state index in [1.165, 1.54) is 6.07 Å². The van der Waals surface area contributed by atoms with Crippen LogP contribution in [0.15, 0.2) is 30.3 Å². The van der Waals surface area contributed by atoms with Crippen molar-refractivity contribution in [1.29, 1.82) is 0 Å². The minimum absolute atomic E-state index is 0.0507. The van der Waals surface area contributed by atoms with Gasteiger partial charge in [-0.25, -0.2) is 4.79 Å². The molecule has 0 spiro atoms. The Morgan fingerprint density at radius 1 is 1.33 bits per heavy atom. The molecule has 0 unspecified atom stereocenters. The summed E-state index contributed by atoms with van der Waals surface area (Å²) >= 11 is 6.07. The number of fused-ring (bicyclic) bond motifs is 1. The summed E-state index contributed by atoms with van der Waals surface area (Å²) in [7, 11) is 0. The van der Waals surface area contributed by atoms with Crippen LogP contribution in [0.4, 0.5) is 0 Å². The van der Waals surface area contributed by atoms with Gasteiger partial charge in [-0.3, -0.25) is 5.10 Å². The lowest BCUT2D eigenvalue weighted by Crippen LogP contribution is -1.95. The van der Waals surface area contributed by atoms with Crippen LogP contribution < -0.4 is 0 Å². The quantitative estimate of drug-likeness (QED) is 0.663. The van der Waals surface area contributed by atoms with Gasteiger partial charge in [-0.05, 0) is 18.2 Å². The predicted octanol–water partition coefficient (Wildman–Crippen LogP) is 2.91. The average molecular weight is 262 g/mol. The Labute approximate surface area is 106 Å². The van der Waals surface area contributed by atoms with E-state index in [4.69, 9.17) is 16.7 Å². The van der Waals surface area contributed by atoms with E-state index in [1.807, 2.05) is 18.2 Å². The van der Waals surface area contributed by atoms with Crippen molar-refractivity contribution in [2.75, 3.05) is 0 Å². The van der Waals surface area contributed by atoms with E-state index in [1.54, 1.807) is 6.07 Å². The number of benzene rings is 1. The van der Waals surface area contributed by atoms with Gasteiger partial charge in [0.2, 0.25) is 0 Å². The molecular formula is C12H8ClN3O2. The van der Waals surface area contributed by atoms with Gasteiger partial charge >= 0.3 is 5.97 Å². The lowest BCUT2D eigenvalue weighted by molar-refractivity contribution is 0.0690. The number of carboxylic acid groups (broad SMARTS) is 1. The number of H-pyrrole nitrogens is 2. The first-order valence-electron chi connectivity index (χ1n) is 5.21. The van der Waals surface area contributed by atoms with Gasteiger partial charge in [-0.2, -0.15) is 5.10 Å². The first kappa shape index (κ1) is 10.9. The maximum Gasteiger partial charge on any atom is 0.353 e. The van der Waals surface area contributed by atoms with Crippen LogP contribution in [-0.2, 0) is 0 Å². The first-order valence-corrected chi connectivity index (χ1v) is 5.59. The van der Waals surface area contributed by atoms with Gasteiger partial charge in [-0.1, -0.05) is 17.7 Å². The van der Waals surface area contributed by atoms with Crippen molar-refractivity contribution in [2.24, 2.45) is 0 Å². The van der Waals surface area contributed by atoms with Gasteiger partial charge in [0, 0.05) is 22.0 Å². The Morgan fingerprint density at radius 3 is 2.83 bits per heavy atom. The van der Waals surface area contributed by atoms with Crippen LogP contribution in [0, 0.1) is 0 Å². The molecule has 6 heteroatoms. The molecule has 5 nitrogen and oxygen atoms in total. The molecule has 0 atom stereocenters. The SMILES string of the molecule is O=C(O)c1cc(-c2cc3c(Cl)cccc3[nH]2)n[nH]1. The number of aromatic carboxylic acids is 1. The zero-order chi connectivity index (χ0) is 12.7. The standard InChI is InChI=1S/C12H8ClN3O2/c13-7-2-1-3-8-6(7)4-9(14-8)10-5-11(12(17)18)16-15-10/h1-5,14H,(H,15,16)(H,17,18). The van der Waals surface area contributed by atoms with E-state index in [2.05, 4.69) is 15.2 Å². The molecule has 18 heavy (non-hydrogen) atoms. The summed E-state index contributed by atoms with van der Waals surface area (Å²) in [6.07, 6.45) is 0. The highest BCUT2D eigenvalue weighted by atomic mass is 35.5. The largest absolute Gasteiger partial charge is 0.477 e. The average Bonchev–Trinajstić information content (AvgIpc) is 2.95. The normalized spacial score (nSPS) is 10.9. The number of aromatic nitrogens is 3. The summed E-state index contributed by atoms with van der Waals surface area (Å²) in [4.78, 5) is 13.9. The topological polar surface area (TPSA) is 81.8 Å². The maximum atomic E-state index is 10.8. The Hall–Kier alpha value is -2.27. The molecule has 0 aliphatic heterocycles. The van der Waals surface area contributed by atoms with E-state index in [0.29, 0.717) is 10.7 Å². The predicted molar refractivity (Wildman–Crippen MR) is 67.8 cm³/mol. The molecule has 0 amide bonds. The van der Waals surface area contributed by atoms with Crippen LogP contribution in [-0.4, -0.2) is 26.3 Å². The number of hydrogen-bond acceptors (Lipinski definition) is 2. The number of carbonyl (C=O) groups is 1. The van der Waals surface area contributed by atoms with E-state index in [-0.39, 0.29) is 5.69 Å². The van der Waals surface area contributed by atoms with Crippen LogP contribution in [0.3, 0.4) is 0 Å². The number of aromatic amines is 2. The summed E-state index contributed by atoms with van der Waals surface area (Å²) < 4.78 is 0. The summed E-state index contributed by atoms with van der Waals surface area (Å²) in [5.74, 6) is -1.04. The molecular weight excluding hydrogens is 254 g/mol. The molecule has 3 aromatic rings. The Balaban J connectivity index is 2.13. The fraction of sp³-hybridized carbons (Fsp3) is 0. The summed E-state index contributed by atoms with van der Waals surface area (Å²) in [6.45, 7) is 0. The molecule has 1 aromatic carbocycles. The van der Waals surface area contributed by atoms with Gasteiger partial charge in [0.25, 0.3) is 0 Å². The van der Waals surface area contributed by atoms with E-state index in [0.717, 1.165) is 16.6 Å². The Morgan fingerprint density at radius 2 is 2.17 bits per heavy atom. The molecule has 0 saturated heterocycles. The number of nitrogens with zero attached hydrogens (tertiary/aromatic N) is 1. The monoisotopic (exact) mass is 261 g/mol. The molecule has 0 radical (unpaired) electrons. The highest BCUT2D eigenvalue weighted by Crippen LogP contribution is 2.28. The second-order valence-corrected chi connectivity index (χ2v) is 4.26. The van der Waals surface area contributed by atoms with Crippen LogP contribution >= 0.6 is 11.6 Å². The number of rotatable bonds is 2. The molecule has 0 bridgehead atoms. The highest BCUT2D eigenvalue weighted by molar-refractivity contribution is 6.35. The number of hydrogen-bond donors (Lipinski definition) is 3. The van der Waals surface area contributed by atoms with Crippen molar-refractivity contribution in [3.63, 3.8) is 0 Å². The van der Waals surface area contributed by atoms with E-state index in [9.17, 15) is 4.79 Å². The second-order valence-electron chi connectivity index (χ2n) is 3.86. The molecule has 0 aliphatic carbocycles. The van der Waals surface area contributed by atoms with Crippen molar-refractivity contribution < 1.29 is 9.90 Å². The first-order chi connectivity index (χ1) is 8.65. The zero-order valence-electron chi connectivity index (χ0n) is 9.07. The van der Waals surface area contributed by atoms with Crippen molar-refractivity contribution in [1.82, 2.24) is 15.2 Å². The Bertz CT molecular complexity index is 745. The zero-order valence-corrected chi connectivity index (χ0v) is 9.82. The molecule has 2 heterocycles. The fourth-order valence-electron chi connectivity index (χ4n) is 1.83. The maximum absolute atomic E-state index is 10.8. The lowest BCUT2D eigenvalue weighted by atomic mass is 10.2. The molecule has 3 rings (SSSR count). The third-order valence-corrected chi connectivity index (χ3v) is 3.02. The van der Waals surface area contributed by atoms with E-state index >= 15 is 0 Å². The molecule has 0 fully saturated rings. The minimum atomic E-state index is -1.04. The summed E-state index contributed by atoms with van der Waals surface area (Å²) in [5, 5.41) is 16.8. The second kappa shape index (κ2) is 3.89. The molecule has 3 N–H and O–H groups in total. The molecule has 90 valence electrons. The van der Waals surface area contributed by atoms with Crippen molar-refractivity contribution >= 4 is 28.5 Å². The van der Waals surface area contributed by atoms with Crippen LogP contribution in [0.5, 0.6) is 0 Å². The lowest BCUT2D eigenvalue weighted by Gasteiger charge is -1.90. The van der Waals surface area contributed by atoms with E-state index < -0.39 is 5.97 Å². The molecule has 0 saturated carbocycles. The van der Waals surface area contributed by atoms with Gasteiger partial charge in [-0.15, -0.1) is 0 Å².